The van der Waals surface area contributed by atoms with E-state index in [0.717, 1.165) is 5.56 Å². The maximum absolute atomic E-state index is 11.4. The highest BCUT2D eigenvalue weighted by molar-refractivity contribution is 5.89. The van der Waals surface area contributed by atoms with E-state index in [-0.39, 0.29) is 12.6 Å². The molecule has 0 heterocycles. The summed E-state index contributed by atoms with van der Waals surface area (Å²) in [6.07, 6.45) is 5.03. The Labute approximate surface area is 101 Å². The highest BCUT2D eigenvalue weighted by Gasteiger charge is 1.99. The lowest BCUT2D eigenvalue weighted by molar-refractivity contribution is 0.253. The van der Waals surface area contributed by atoms with Crippen LogP contribution in [-0.4, -0.2) is 24.3 Å². The molecule has 3 N–H and O–H groups in total. The van der Waals surface area contributed by atoms with E-state index in [1.165, 1.54) is 0 Å². The van der Waals surface area contributed by atoms with Crippen LogP contribution in [-0.2, 0) is 0 Å². The van der Waals surface area contributed by atoms with Crippen LogP contribution in [0.2, 0.25) is 0 Å². The monoisotopic (exact) mass is 232 g/mol. The Morgan fingerprint density at radius 3 is 3.00 bits per heavy atom. The third kappa shape index (κ3) is 4.99. The number of urea groups is 1. The van der Waals surface area contributed by atoms with Gasteiger partial charge in [-0.15, -0.1) is 6.58 Å². The van der Waals surface area contributed by atoms with Gasteiger partial charge in [-0.25, -0.2) is 4.79 Å². The lowest BCUT2D eigenvalue weighted by atomic mass is 10.2. The molecule has 0 bridgehead atoms. The van der Waals surface area contributed by atoms with Crippen molar-refractivity contribution in [3.05, 3.63) is 48.6 Å². The molecule has 0 radical (unpaired) electrons. The number of amides is 2. The fourth-order valence-electron chi connectivity index (χ4n) is 1.25. The predicted octanol–water partition coefficient (Wildman–Crippen LogP) is 2.00. The smallest absolute Gasteiger partial charge is 0.319 e. The molecule has 0 saturated heterocycles. The van der Waals surface area contributed by atoms with Gasteiger partial charge in [0.05, 0.1) is 6.61 Å². The van der Waals surface area contributed by atoms with Gasteiger partial charge < -0.3 is 15.7 Å². The maximum atomic E-state index is 11.4. The molecule has 17 heavy (non-hydrogen) atoms. The van der Waals surface area contributed by atoms with Gasteiger partial charge in [-0.1, -0.05) is 30.4 Å². The number of benzene rings is 1. The molecule has 4 nitrogen and oxygen atoms in total. The fourth-order valence-corrected chi connectivity index (χ4v) is 1.25. The van der Waals surface area contributed by atoms with Crippen molar-refractivity contribution in [1.82, 2.24) is 5.32 Å². The predicted molar refractivity (Wildman–Crippen MR) is 69.8 cm³/mol. The van der Waals surface area contributed by atoms with Gasteiger partial charge in [0, 0.05) is 12.2 Å². The number of hydrogen-bond acceptors (Lipinski definition) is 2. The number of carbonyl (C=O) groups is 1. The van der Waals surface area contributed by atoms with Crippen LogP contribution in [0.5, 0.6) is 0 Å². The highest BCUT2D eigenvalue weighted by atomic mass is 16.2. The first-order chi connectivity index (χ1) is 8.26. The first-order valence-electron chi connectivity index (χ1n) is 5.29. The molecule has 1 aromatic rings. The summed E-state index contributed by atoms with van der Waals surface area (Å²) in [5, 5.41) is 14.0. The first kappa shape index (κ1) is 13.0. The van der Waals surface area contributed by atoms with Gasteiger partial charge >= 0.3 is 6.03 Å². The Hall–Kier alpha value is -2.07. The minimum absolute atomic E-state index is 0.00250. The van der Waals surface area contributed by atoms with E-state index in [2.05, 4.69) is 17.2 Å². The average molecular weight is 232 g/mol. The topological polar surface area (TPSA) is 61.4 Å². The molecule has 0 fully saturated rings. The quantitative estimate of drug-likeness (QED) is 0.680. The van der Waals surface area contributed by atoms with Crippen LogP contribution in [0.25, 0.3) is 6.08 Å². The van der Waals surface area contributed by atoms with Crippen LogP contribution in [0.1, 0.15) is 5.56 Å². The van der Waals surface area contributed by atoms with E-state index in [1.807, 2.05) is 18.2 Å². The molecule has 1 aromatic carbocycles. The molecule has 0 spiro atoms. The van der Waals surface area contributed by atoms with Crippen molar-refractivity contribution in [2.45, 2.75) is 0 Å². The zero-order valence-corrected chi connectivity index (χ0v) is 9.52. The normalized spacial score (nSPS) is 10.2. The molecule has 4 heteroatoms. The van der Waals surface area contributed by atoms with Crippen molar-refractivity contribution in [3.8, 4) is 0 Å². The zero-order chi connectivity index (χ0) is 12.5. The molecular formula is C13H16N2O2. The Morgan fingerprint density at radius 1 is 1.47 bits per heavy atom. The summed E-state index contributed by atoms with van der Waals surface area (Å²) in [6.45, 7) is 3.94. The highest BCUT2D eigenvalue weighted by Crippen LogP contribution is 2.11. The van der Waals surface area contributed by atoms with Crippen LogP contribution < -0.4 is 10.6 Å². The molecule has 0 aliphatic carbocycles. The van der Waals surface area contributed by atoms with E-state index in [9.17, 15) is 4.79 Å². The van der Waals surface area contributed by atoms with Crippen molar-refractivity contribution in [1.29, 1.82) is 0 Å². The molecule has 0 atom stereocenters. The van der Waals surface area contributed by atoms with Gasteiger partial charge in [-0.05, 0) is 17.7 Å². The average Bonchev–Trinajstić information content (AvgIpc) is 2.34. The Balaban J connectivity index is 2.62. The van der Waals surface area contributed by atoms with Crippen LogP contribution in [0, 0.1) is 0 Å². The lowest BCUT2D eigenvalue weighted by Crippen LogP contribution is -2.28. The number of nitrogens with one attached hydrogen (secondary N) is 2. The van der Waals surface area contributed by atoms with Crippen molar-refractivity contribution < 1.29 is 9.90 Å². The number of aliphatic hydroxyl groups excluding tert-OH is 1. The van der Waals surface area contributed by atoms with E-state index in [1.54, 1.807) is 24.3 Å². The molecule has 0 aromatic heterocycles. The number of aliphatic hydroxyl groups is 1. The van der Waals surface area contributed by atoms with Crippen molar-refractivity contribution in [2.75, 3.05) is 18.5 Å². The third-order valence-corrected chi connectivity index (χ3v) is 1.97. The Morgan fingerprint density at radius 2 is 2.29 bits per heavy atom. The summed E-state index contributed by atoms with van der Waals surface area (Å²) >= 11 is 0. The lowest BCUT2D eigenvalue weighted by Gasteiger charge is -2.06. The molecule has 0 aliphatic heterocycles. The van der Waals surface area contributed by atoms with Gasteiger partial charge in [0.15, 0.2) is 0 Å². The van der Waals surface area contributed by atoms with Crippen LogP contribution >= 0.6 is 0 Å². The molecule has 90 valence electrons. The second kappa shape index (κ2) is 7.24. The minimum Gasteiger partial charge on any atom is -0.392 e. The van der Waals surface area contributed by atoms with Gasteiger partial charge in [-0.3, -0.25) is 0 Å². The van der Waals surface area contributed by atoms with Gasteiger partial charge in [0.25, 0.3) is 0 Å². The SMILES string of the molecule is C=CCNC(=O)Nc1cccc(/C=C/CO)c1. The van der Waals surface area contributed by atoms with Crippen LogP contribution in [0.15, 0.2) is 43.0 Å². The minimum atomic E-state index is -0.270. The van der Waals surface area contributed by atoms with Crippen molar-refractivity contribution >= 4 is 17.8 Å². The van der Waals surface area contributed by atoms with Crippen molar-refractivity contribution in [3.63, 3.8) is 0 Å². The zero-order valence-electron chi connectivity index (χ0n) is 9.52. The molecule has 0 unspecified atom stereocenters. The Bertz CT molecular complexity index is 414. The molecule has 1 rings (SSSR count). The first-order valence-corrected chi connectivity index (χ1v) is 5.29. The summed E-state index contributed by atoms with van der Waals surface area (Å²) < 4.78 is 0. The molecule has 2 amide bonds. The number of hydrogen-bond donors (Lipinski definition) is 3. The molecule has 0 aliphatic rings. The van der Waals surface area contributed by atoms with Crippen LogP contribution in [0.3, 0.4) is 0 Å². The molecular weight excluding hydrogens is 216 g/mol. The molecule has 0 saturated carbocycles. The summed E-state index contributed by atoms with van der Waals surface area (Å²) in [7, 11) is 0. The summed E-state index contributed by atoms with van der Waals surface area (Å²) in [5.41, 5.74) is 1.62. The fraction of sp³-hybridized carbons (Fsp3) is 0.154. The van der Waals surface area contributed by atoms with Crippen molar-refractivity contribution in [2.24, 2.45) is 0 Å². The maximum Gasteiger partial charge on any atom is 0.319 e. The second-order valence-electron chi connectivity index (χ2n) is 3.33. The van der Waals surface area contributed by atoms with Gasteiger partial charge in [0.1, 0.15) is 0 Å². The number of rotatable bonds is 5. The van der Waals surface area contributed by atoms with Crippen LogP contribution in [0.4, 0.5) is 10.5 Å². The second-order valence-corrected chi connectivity index (χ2v) is 3.33. The number of carbonyl (C=O) groups excluding carboxylic acids is 1. The standard InChI is InChI=1S/C13H16N2O2/c1-2-8-14-13(17)15-12-7-3-5-11(10-12)6-4-9-16/h2-7,10,16H,1,8-9H2,(H2,14,15,17)/b6-4+. The largest absolute Gasteiger partial charge is 0.392 e. The number of anilines is 1. The van der Waals surface area contributed by atoms with E-state index in [0.29, 0.717) is 12.2 Å². The Kier molecular flexibility index (Phi) is 5.54. The van der Waals surface area contributed by atoms with Gasteiger partial charge in [0.2, 0.25) is 0 Å². The van der Waals surface area contributed by atoms with E-state index < -0.39 is 0 Å². The summed E-state index contributed by atoms with van der Waals surface area (Å²) in [6, 6.07) is 7.07. The van der Waals surface area contributed by atoms with E-state index in [4.69, 9.17) is 5.11 Å². The van der Waals surface area contributed by atoms with Gasteiger partial charge in [-0.2, -0.15) is 0 Å². The summed E-state index contributed by atoms with van der Waals surface area (Å²) in [4.78, 5) is 11.4. The third-order valence-electron chi connectivity index (χ3n) is 1.97. The summed E-state index contributed by atoms with van der Waals surface area (Å²) in [5.74, 6) is 0. The van der Waals surface area contributed by atoms with E-state index >= 15 is 0 Å².